The SMILES string of the molecule is COc1cc(/C=C(/C(=O)O)c2ccc(Oc3ccc(C=O)cc3)cc2)cc(OC)c1. The lowest BCUT2D eigenvalue weighted by molar-refractivity contribution is -0.130. The van der Waals surface area contributed by atoms with Crippen LogP contribution in [0, 0.1) is 0 Å². The molecule has 0 atom stereocenters. The largest absolute Gasteiger partial charge is 0.497 e. The third-order valence-electron chi connectivity index (χ3n) is 4.33. The summed E-state index contributed by atoms with van der Waals surface area (Å²) in [6.07, 6.45) is 2.32. The second-order valence-corrected chi connectivity index (χ2v) is 6.32. The van der Waals surface area contributed by atoms with Crippen LogP contribution in [0.3, 0.4) is 0 Å². The fraction of sp³-hybridized carbons (Fsp3) is 0.0833. The Hall–Kier alpha value is -4.06. The van der Waals surface area contributed by atoms with Crippen molar-refractivity contribution in [2.45, 2.75) is 0 Å². The highest BCUT2D eigenvalue weighted by molar-refractivity contribution is 6.20. The summed E-state index contributed by atoms with van der Waals surface area (Å²) in [6.45, 7) is 0. The zero-order valence-electron chi connectivity index (χ0n) is 16.5. The van der Waals surface area contributed by atoms with Crippen molar-refractivity contribution in [1.29, 1.82) is 0 Å². The highest BCUT2D eigenvalue weighted by atomic mass is 16.5. The van der Waals surface area contributed by atoms with E-state index in [-0.39, 0.29) is 5.57 Å². The molecule has 0 bridgehead atoms. The number of benzene rings is 3. The predicted molar refractivity (Wildman–Crippen MR) is 113 cm³/mol. The minimum atomic E-state index is -1.06. The minimum absolute atomic E-state index is 0.118. The third-order valence-corrected chi connectivity index (χ3v) is 4.33. The molecule has 0 spiro atoms. The van der Waals surface area contributed by atoms with Crippen molar-refractivity contribution in [1.82, 2.24) is 0 Å². The van der Waals surface area contributed by atoms with Crippen molar-refractivity contribution < 1.29 is 28.9 Å². The standard InChI is InChI=1S/C24H20O6/c1-28-21-11-17(12-22(14-21)29-2)13-23(24(26)27)18-5-9-20(10-6-18)30-19-7-3-16(15-25)4-8-19/h3-15H,1-2H3,(H,26,27)/b23-13+. The van der Waals surface area contributed by atoms with E-state index in [2.05, 4.69) is 0 Å². The number of ether oxygens (including phenoxy) is 3. The third kappa shape index (κ3) is 5.05. The van der Waals surface area contributed by atoms with Crippen molar-refractivity contribution in [2.75, 3.05) is 14.2 Å². The number of rotatable bonds is 8. The number of methoxy groups -OCH3 is 2. The molecule has 0 amide bonds. The Kier molecular flexibility index (Phi) is 6.49. The van der Waals surface area contributed by atoms with Crippen LogP contribution in [0.25, 0.3) is 11.6 Å². The number of carbonyl (C=O) groups is 2. The van der Waals surface area contributed by atoms with Gasteiger partial charge in [0.1, 0.15) is 29.3 Å². The Labute approximate surface area is 174 Å². The Morgan fingerprint density at radius 2 is 1.30 bits per heavy atom. The minimum Gasteiger partial charge on any atom is -0.497 e. The van der Waals surface area contributed by atoms with Gasteiger partial charge in [0.25, 0.3) is 0 Å². The number of carboxylic acids is 1. The quantitative estimate of drug-likeness (QED) is 0.326. The molecule has 0 saturated carbocycles. The molecular formula is C24H20O6. The topological polar surface area (TPSA) is 82.1 Å². The molecule has 1 N–H and O–H groups in total. The maximum Gasteiger partial charge on any atom is 0.336 e. The van der Waals surface area contributed by atoms with Gasteiger partial charge in [0.05, 0.1) is 19.8 Å². The summed E-state index contributed by atoms with van der Waals surface area (Å²) in [5.41, 5.74) is 1.84. The van der Waals surface area contributed by atoms with E-state index >= 15 is 0 Å². The van der Waals surface area contributed by atoms with Gasteiger partial charge in [0.2, 0.25) is 0 Å². The fourth-order valence-electron chi connectivity index (χ4n) is 2.80. The van der Waals surface area contributed by atoms with Crippen LogP contribution in [0.2, 0.25) is 0 Å². The first-order valence-corrected chi connectivity index (χ1v) is 9.04. The molecule has 6 heteroatoms. The van der Waals surface area contributed by atoms with Crippen molar-refractivity contribution in [2.24, 2.45) is 0 Å². The van der Waals surface area contributed by atoms with Gasteiger partial charge in [-0.2, -0.15) is 0 Å². The predicted octanol–water partition coefficient (Wildman–Crippen LogP) is 4.93. The lowest BCUT2D eigenvalue weighted by atomic mass is 10.0. The van der Waals surface area contributed by atoms with Crippen LogP contribution in [0.5, 0.6) is 23.0 Å². The zero-order chi connectivity index (χ0) is 21.5. The average molecular weight is 404 g/mol. The second-order valence-electron chi connectivity index (χ2n) is 6.32. The lowest BCUT2D eigenvalue weighted by Gasteiger charge is -2.09. The lowest BCUT2D eigenvalue weighted by Crippen LogP contribution is -2.00. The molecule has 0 radical (unpaired) electrons. The van der Waals surface area contributed by atoms with Gasteiger partial charge >= 0.3 is 5.97 Å². The van der Waals surface area contributed by atoms with Gasteiger partial charge in [-0.1, -0.05) is 12.1 Å². The summed E-state index contributed by atoms with van der Waals surface area (Å²) >= 11 is 0. The molecule has 6 nitrogen and oxygen atoms in total. The summed E-state index contributed by atoms with van der Waals surface area (Å²) in [5.74, 6) is 1.19. The number of carboxylic acid groups (broad SMARTS) is 1. The molecule has 30 heavy (non-hydrogen) atoms. The van der Waals surface area contributed by atoms with Crippen molar-refractivity contribution >= 4 is 23.9 Å². The van der Waals surface area contributed by atoms with Crippen LogP contribution in [-0.2, 0) is 4.79 Å². The molecular weight excluding hydrogens is 384 g/mol. The van der Waals surface area contributed by atoms with Gasteiger partial charge in [0.15, 0.2) is 0 Å². The highest BCUT2D eigenvalue weighted by Gasteiger charge is 2.12. The van der Waals surface area contributed by atoms with E-state index in [4.69, 9.17) is 14.2 Å². The molecule has 0 aromatic heterocycles. The van der Waals surface area contributed by atoms with Crippen LogP contribution in [0.1, 0.15) is 21.5 Å². The maximum atomic E-state index is 11.9. The molecule has 3 aromatic carbocycles. The van der Waals surface area contributed by atoms with Crippen molar-refractivity contribution in [3.8, 4) is 23.0 Å². The summed E-state index contributed by atoms with van der Waals surface area (Å²) in [5, 5.41) is 9.70. The van der Waals surface area contributed by atoms with E-state index in [0.717, 1.165) is 6.29 Å². The molecule has 3 rings (SSSR count). The van der Waals surface area contributed by atoms with E-state index in [1.165, 1.54) is 14.2 Å². The highest BCUT2D eigenvalue weighted by Crippen LogP contribution is 2.28. The molecule has 0 fully saturated rings. The summed E-state index contributed by atoms with van der Waals surface area (Å²) in [6, 6.07) is 18.6. The molecule has 0 aliphatic heterocycles. The maximum absolute atomic E-state index is 11.9. The van der Waals surface area contributed by atoms with Gasteiger partial charge in [-0.15, -0.1) is 0 Å². The van der Waals surface area contributed by atoms with Crippen LogP contribution in [0.15, 0.2) is 66.7 Å². The van der Waals surface area contributed by atoms with E-state index in [1.807, 2.05) is 0 Å². The summed E-state index contributed by atoms with van der Waals surface area (Å²) in [4.78, 5) is 22.6. The van der Waals surface area contributed by atoms with E-state index < -0.39 is 5.97 Å². The van der Waals surface area contributed by atoms with Crippen LogP contribution in [0.4, 0.5) is 0 Å². The van der Waals surface area contributed by atoms with Gasteiger partial charge in [-0.05, 0) is 65.7 Å². The van der Waals surface area contributed by atoms with Crippen molar-refractivity contribution in [3.05, 3.63) is 83.4 Å². The van der Waals surface area contributed by atoms with Crippen LogP contribution < -0.4 is 14.2 Å². The molecule has 152 valence electrons. The molecule has 0 unspecified atom stereocenters. The number of aldehydes is 1. The van der Waals surface area contributed by atoms with Crippen molar-refractivity contribution in [3.63, 3.8) is 0 Å². The summed E-state index contributed by atoms with van der Waals surface area (Å²) in [7, 11) is 3.07. The van der Waals surface area contributed by atoms with Gasteiger partial charge in [-0.25, -0.2) is 4.79 Å². The van der Waals surface area contributed by atoms with Crippen LogP contribution in [-0.4, -0.2) is 31.6 Å². The first-order chi connectivity index (χ1) is 14.5. The molecule has 3 aromatic rings. The Morgan fingerprint density at radius 1 is 0.767 bits per heavy atom. The Morgan fingerprint density at radius 3 is 1.77 bits per heavy atom. The molecule has 0 heterocycles. The first kappa shape index (κ1) is 20.7. The van der Waals surface area contributed by atoms with Gasteiger partial charge in [0, 0.05) is 11.6 Å². The zero-order valence-corrected chi connectivity index (χ0v) is 16.5. The average Bonchev–Trinajstić information content (AvgIpc) is 2.78. The normalized spacial score (nSPS) is 10.9. The van der Waals surface area contributed by atoms with Gasteiger partial charge in [-0.3, -0.25) is 4.79 Å². The second kappa shape index (κ2) is 9.43. The van der Waals surface area contributed by atoms with Gasteiger partial charge < -0.3 is 19.3 Å². The molecule has 0 aliphatic rings. The van der Waals surface area contributed by atoms with E-state index in [1.54, 1.807) is 72.8 Å². The number of hydrogen-bond donors (Lipinski definition) is 1. The van der Waals surface area contributed by atoms with E-state index in [0.29, 0.717) is 39.7 Å². The Balaban J connectivity index is 1.87. The first-order valence-electron chi connectivity index (χ1n) is 9.04. The monoisotopic (exact) mass is 404 g/mol. The number of hydrogen-bond acceptors (Lipinski definition) is 5. The Bertz CT molecular complexity index is 1040. The molecule has 0 aliphatic carbocycles. The van der Waals surface area contributed by atoms with E-state index in [9.17, 15) is 14.7 Å². The van der Waals surface area contributed by atoms with Crippen LogP contribution >= 0.6 is 0 Å². The fourth-order valence-corrected chi connectivity index (χ4v) is 2.80. The number of aliphatic carboxylic acids is 1. The summed E-state index contributed by atoms with van der Waals surface area (Å²) < 4.78 is 16.2. The molecule has 0 saturated heterocycles. The number of carbonyl (C=O) groups excluding carboxylic acids is 1. The smallest absolute Gasteiger partial charge is 0.336 e.